The van der Waals surface area contributed by atoms with Crippen LogP contribution >= 0.6 is 0 Å². The van der Waals surface area contributed by atoms with Gasteiger partial charge in [-0.15, -0.1) is 0 Å². The quantitative estimate of drug-likeness (QED) is 0.791. The highest BCUT2D eigenvalue weighted by atomic mass is 16.5. The van der Waals surface area contributed by atoms with Crippen LogP contribution in [0.3, 0.4) is 0 Å². The number of rotatable bonds is 4. The lowest BCUT2D eigenvalue weighted by atomic mass is 10.1. The molecule has 0 unspecified atom stereocenters. The molecule has 2 heterocycles. The Morgan fingerprint density at radius 1 is 1.12 bits per heavy atom. The van der Waals surface area contributed by atoms with Crippen molar-refractivity contribution < 1.29 is 4.74 Å². The standard InChI is InChI=1S/C20H22N4O/c1-15-4-2-6-17-13-21-20(23-19(15)17)22-18-7-3-5-16(12-18)14-24-8-10-25-11-9-24/h2-7,12-13H,8-11,14H2,1H3,(H,21,22,23). The van der Waals surface area contributed by atoms with E-state index in [-0.39, 0.29) is 0 Å². The summed E-state index contributed by atoms with van der Waals surface area (Å²) in [5.41, 5.74) is 4.44. The van der Waals surface area contributed by atoms with E-state index < -0.39 is 0 Å². The summed E-state index contributed by atoms with van der Waals surface area (Å²) < 4.78 is 5.41. The number of anilines is 2. The Kier molecular flexibility index (Phi) is 4.59. The summed E-state index contributed by atoms with van der Waals surface area (Å²) in [4.78, 5) is 11.5. The van der Waals surface area contributed by atoms with E-state index in [1.807, 2.05) is 24.4 Å². The monoisotopic (exact) mass is 334 g/mol. The van der Waals surface area contributed by atoms with Gasteiger partial charge in [0.25, 0.3) is 0 Å². The number of ether oxygens (including phenoxy) is 1. The van der Waals surface area contributed by atoms with E-state index in [4.69, 9.17) is 4.74 Å². The van der Waals surface area contributed by atoms with Gasteiger partial charge in [0.1, 0.15) is 0 Å². The van der Waals surface area contributed by atoms with Crippen LogP contribution in [0.25, 0.3) is 10.9 Å². The molecule has 0 atom stereocenters. The van der Waals surface area contributed by atoms with Crippen LogP contribution in [0.2, 0.25) is 0 Å². The molecule has 1 aliphatic rings. The minimum Gasteiger partial charge on any atom is -0.379 e. The summed E-state index contributed by atoms with van der Waals surface area (Å²) in [6.07, 6.45) is 1.87. The summed E-state index contributed by atoms with van der Waals surface area (Å²) >= 11 is 0. The Balaban J connectivity index is 1.52. The number of morpholine rings is 1. The van der Waals surface area contributed by atoms with Crippen molar-refractivity contribution in [3.05, 3.63) is 59.8 Å². The second kappa shape index (κ2) is 7.17. The first-order valence-electron chi connectivity index (χ1n) is 8.66. The molecule has 25 heavy (non-hydrogen) atoms. The Hall–Kier alpha value is -2.50. The van der Waals surface area contributed by atoms with Crippen LogP contribution in [-0.2, 0) is 11.3 Å². The second-order valence-corrected chi connectivity index (χ2v) is 6.42. The molecule has 0 radical (unpaired) electrons. The fourth-order valence-electron chi connectivity index (χ4n) is 3.16. The fourth-order valence-corrected chi connectivity index (χ4v) is 3.16. The molecule has 1 aromatic heterocycles. The minimum atomic E-state index is 0.630. The predicted octanol–water partition coefficient (Wildman–Crippen LogP) is 3.51. The first kappa shape index (κ1) is 16.0. The third kappa shape index (κ3) is 3.78. The zero-order valence-corrected chi connectivity index (χ0v) is 14.4. The Morgan fingerprint density at radius 3 is 2.84 bits per heavy atom. The molecule has 1 fully saturated rings. The lowest BCUT2D eigenvalue weighted by molar-refractivity contribution is 0.0342. The van der Waals surface area contributed by atoms with Gasteiger partial charge in [0.2, 0.25) is 5.95 Å². The van der Waals surface area contributed by atoms with Crippen molar-refractivity contribution in [1.82, 2.24) is 14.9 Å². The maximum absolute atomic E-state index is 5.41. The number of nitrogens with zero attached hydrogens (tertiary/aromatic N) is 3. The number of para-hydroxylation sites is 1. The summed E-state index contributed by atoms with van der Waals surface area (Å²) in [7, 11) is 0. The summed E-state index contributed by atoms with van der Waals surface area (Å²) in [5.74, 6) is 0.630. The highest BCUT2D eigenvalue weighted by Crippen LogP contribution is 2.20. The molecule has 0 bridgehead atoms. The Labute approximate surface area is 147 Å². The molecule has 3 aromatic rings. The van der Waals surface area contributed by atoms with Crippen molar-refractivity contribution in [1.29, 1.82) is 0 Å². The lowest BCUT2D eigenvalue weighted by Gasteiger charge is -2.26. The van der Waals surface area contributed by atoms with Crippen molar-refractivity contribution in [3.63, 3.8) is 0 Å². The molecule has 0 spiro atoms. The fraction of sp³-hybridized carbons (Fsp3) is 0.300. The normalized spacial score (nSPS) is 15.4. The highest BCUT2D eigenvalue weighted by Gasteiger charge is 2.11. The molecule has 4 rings (SSSR count). The topological polar surface area (TPSA) is 50.3 Å². The Morgan fingerprint density at radius 2 is 1.96 bits per heavy atom. The number of benzene rings is 2. The number of hydrogen-bond donors (Lipinski definition) is 1. The maximum atomic E-state index is 5.41. The third-order valence-electron chi connectivity index (χ3n) is 4.51. The number of fused-ring (bicyclic) bond motifs is 1. The molecular formula is C20H22N4O. The Bertz CT molecular complexity index is 874. The van der Waals surface area contributed by atoms with Gasteiger partial charge in [0.05, 0.1) is 18.7 Å². The molecule has 0 saturated carbocycles. The van der Waals surface area contributed by atoms with Crippen molar-refractivity contribution >= 4 is 22.5 Å². The van der Waals surface area contributed by atoms with Gasteiger partial charge < -0.3 is 10.1 Å². The number of nitrogens with one attached hydrogen (secondary N) is 1. The van der Waals surface area contributed by atoms with Gasteiger partial charge in [-0.2, -0.15) is 0 Å². The second-order valence-electron chi connectivity index (χ2n) is 6.42. The van der Waals surface area contributed by atoms with E-state index >= 15 is 0 Å². The maximum Gasteiger partial charge on any atom is 0.227 e. The van der Waals surface area contributed by atoms with Crippen molar-refractivity contribution in [2.75, 3.05) is 31.6 Å². The van der Waals surface area contributed by atoms with E-state index in [1.54, 1.807) is 0 Å². The number of aryl methyl sites for hydroxylation is 1. The molecular weight excluding hydrogens is 312 g/mol. The summed E-state index contributed by atoms with van der Waals surface area (Å²) in [5, 5.41) is 4.40. The average Bonchev–Trinajstić information content (AvgIpc) is 2.64. The molecule has 1 aliphatic heterocycles. The van der Waals surface area contributed by atoms with Gasteiger partial charge in [-0.3, -0.25) is 4.90 Å². The van der Waals surface area contributed by atoms with Crippen LogP contribution in [-0.4, -0.2) is 41.2 Å². The van der Waals surface area contributed by atoms with E-state index in [0.29, 0.717) is 5.95 Å². The van der Waals surface area contributed by atoms with Crippen LogP contribution < -0.4 is 5.32 Å². The largest absolute Gasteiger partial charge is 0.379 e. The SMILES string of the molecule is Cc1cccc2cnc(Nc3cccc(CN4CCOCC4)c3)nc12. The van der Waals surface area contributed by atoms with Crippen LogP contribution in [0, 0.1) is 6.92 Å². The van der Waals surface area contributed by atoms with E-state index in [9.17, 15) is 0 Å². The summed E-state index contributed by atoms with van der Waals surface area (Å²) in [6, 6.07) is 14.6. The molecule has 1 N–H and O–H groups in total. The molecule has 5 heteroatoms. The molecule has 0 amide bonds. The molecule has 0 aliphatic carbocycles. The van der Waals surface area contributed by atoms with E-state index in [1.165, 1.54) is 5.56 Å². The van der Waals surface area contributed by atoms with Crippen LogP contribution in [0.15, 0.2) is 48.7 Å². The van der Waals surface area contributed by atoms with Gasteiger partial charge in [0, 0.05) is 36.9 Å². The van der Waals surface area contributed by atoms with Crippen LogP contribution in [0.4, 0.5) is 11.6 Å². The van der Waals surface area contributed by atoms with Gasteiger partial charge in [-0.1, -0.05) is 30.3 Å². The van der Waals surface area contributed by atoms with Gasteiger partial charge in [0.15, 0.2) is 0 Å². The molecule has 128 valence electrons. The van der Waals surface area contributed by atoms with Gasteiger partial charge in [-0.25, -0.2) is 9.97 Å². The van der Waals surface area contributed by atoms with Crippen molar-refractivity contribution in [2.45, 2.75) is 13.5 Å². The van der Waals surface area contributed by atoms with Gasteiger partial charge >= 0.3 is 0 Å². The van der Waals surface area contributed by atoms with Crippen LogP contribution in [0.5, 0.6) is 0 Å². The third-order valence-corrected chi connectivity index (χ3v) is 4.51. The number of hydrogen-bond acceptors (Lipinski definition) is 5. The first-order chi connectivity index (χ1) is 12.3. The van der Waals surface area contributed by atoms with Crippen molar-refractivity contribution in [3.8, 4) is 0 Å². The summed E-state index contributed by atoms with van der Waals surface area (Å²) in [6.45, 7) is 6.64. The molecule has 1 saturated heterocycles. The first-order valence-corrected chi connectivity index (χ1v) is 8.66. The van der Waals surface area contributed by atoms with E-state index in [0.717, 1.165) is 55.0 Å². The zero-order chi connectivity index (χ0) is 17.1. The minimum absolute atomic E-state index is 0.630. The molecule has 5 nitrogen and oxygen atoms in total. The lowest BCUT2D eigenvalue weighted by Crippen LogP contribution is -2.35. The van der Waals surface area contributed by atoms with Crippen molar-refractivity contribution in [2.24, 2.45) is 0 Å². The van der Waals surface area contributed by atoms with Gasteiger partial charge in [-0.05, 0) is 30.2 Å². The highest BCUT2D eigenvalue weighted by molar-refractivity contribution is 5.82. The molecule has 2 aromatic carbocycles. The smallest absolute Gasteiger partial charge is 0.227 e. The number of aromatic nitrogens is 2. The zero-order valence-electron chi connectivity index (χ0n) is 14.4. The average molecular weight is 334 g/mol. The predicted molar refractivity (Wildman–Crippen MR) is 100 cm³/mol. The van der Waals surface area contributed by atoms with Crippen LogP contribution in [0.1, 0.15) is 11.1 Å². The van der Waals surface area contributed by atoms with E-state index in [2.05, 4.69) is 51.4 Å².